The molecule has 2 saturated heterocycles. The van der Waals surface area contributed by atoms with Crippen molar-refractivity contribution < 1.29 is 4.79 Å². The quantitative estimate of drug-likeness (QED) is 0.761. The van der Waals surface area contributed by atoms with Crippen molar-refractivity contribution in [2.24, 2.45) is 0 Å². The zero-order chi connectivity index (χ0) is 20.4. The number of nitrogens with zero attached hydrogens (tertiary/aromatic N) is 4. The van der Waals surface area contributed by atoms with E-state index in [9.17, 15) is 10.1 Å². The maximum atomic E-state index is 12.0. The van der Waals surface area contributed by atoms with Crippen LogP contribution in [-0.4, -0.2) is 85.0 Å². The van der Waals surface area contributed by atoms with Gasteiger partial charge in [-0.2, -0.15) is 5.26 Å². The van der Waals surface area contributed by atoms with E-state index in [-0.39, 0.29) is 11.4 Å². The summed E-state index contributed by atoms with van der Waals surface area (Å²) >= 11 is 0. The average Bonchev–Trinajstić information content (AvgIpc) is 3.46. The normalized spacial score (nSPS) is 27.1. The molecule has 1 saturated carbocycles. The van der Waals surface area contributed by atoms with Crippen LogP contribution < -0.4 is 5.32 Å². The first kappa shape index (κ1) is 20.3. The van der Waals surface area contributed by atoms with Gasteiger partial charge in [-0.05, 0) is 24.8 Å². The molecule has 2 atom stereocenters. The average molecular weight is 396 g/mol. The Kier molecular flexibility index (Phi) is 5.91. The molecule has 1 N–H and O–H groups in total. The third-order valence-corrected chi connectivity index (χ3v) is 6.94. The number of carbonyl (C=O) groups is 1. The first-order chi connectivity index (χ1) is 14.0. The van der Waals surface area contributed by atoms with Crippen molar-refractivity contribution in [3.63, 3.8) is 0 Å². The van der Waals surface area contributed by atoms with Crippen molar-refractivity contribution >= 4 is 5.91 Å². The van der Waals surface area contributed by atoms with Gasteiger partial charge in [0.2, 0.25) is 5.91 Å². The lowest BCUT2D eigenvalue weighted by Crippen LogP contribution is -2.72. The fourth-order valence-corrected chi connectivity index (χ4v) is 5.07. The van der Waals surface area contributed by atoms with E-state index in [4.69, 9.17) is 0 Å². The molecule has 156 valence electrons. The summed E-state index contributed by atoms with van der Waals surface area (Å²) in [4.78, 5) is 18.3. The minimum atomic E-state index is -0.0571. The Hall–Kier alpha value is -1.94. The molecular formula is C23H33N5O. The second-order valence-corrected chi connectivity index (χ2v) is 9.28. The number of rotatable bonds is 7. The Balaban J connectivity index is 1.24. The number of piperidine rings is 1. The van der Waals surface area contributed by atoms with Gasteiger partial charge >= 0.3 is 0 Å². The number of likely N-dealkylation sites (tertiary alicyclic amines) is 2. The molecule has 0 radical (unpaired) electrons. The monoisotopic (exact) mass is 395 g/mol. The molecule has 3 fully saturated rings. The van der Waals surface area contributed by atoms with Gasteiger partial charge < -0.3 is 10.2 Å². The van der Waals surface area contributed by atoms with E-state index in [1.165, 1.54) is 12.0 Å². The van der Waals surface area contributed by atoms with Gasteiger partial charge in [-0.25, -0.2) is 0 Å². The lowest BCUT2D eigenvalue weighted by atomic mass is 9.82. The molecule has 0 bridgehead atoms. The molecule has 2 heterocycles. The Morgan fingerprint density at radius 3 is 2.55 bits per heavy atom. The zero-order valence-corrected chi connectivity index (χ0v) is 17.7. The van der Waals surface area contributed by atoms with Crippen molar-refractivity contribution in [2.75, 3.05) is 46.8 Å². The van der Waals surface area contributed by atoms with Gasteiger partial charge in [-0.15, -0.1) is 0 Å². The predicted octanol–water partition coefficient (Wildman–Crippen LogP) is 1.65. The third kappa shape index (κ3) is 4.48. The highest BCUT2D eigenvalue weighted by molar-refractivity contribution is 5.77. The molecule has 2 aliphatic heterocycles. The smallest absolute Gasteiger partial charge is 0.236 e. The zero-order valence-electron chi connectivity index (χ0n) is 17.7. The van der Waals surface area contributed by atoms with Gasteiger partial charge in [-0.3, -0.25) is 14.6 Å². The summed E-state index contributed by atoms with van der Waals surface area (Å²) < 4.78 is 0. The molecule has 1 aromatic carbocycles. The maximum Gasteiger partial charge on any atom is 0.236 e. The highest BCUT2D eigenvalue weighted by Crippen LogP contribution is 2.41. The van der Waals surface area contributed by atoms with Crippen molar-refractivity contribution in [3.05, 3.63) is 35.9 Å². The number of carbonyl (C=O) groups excluding carboxylic acids is 1. The molecule has 1 aromatic rings. The standard InChI is InChI=1S/C23H33N5O/c1-26(2)22(29)15-27-16-23(17-27,10-11-24)28-12-8-19(9-13-28)25-21-14-20(21)18-6-4-3-5-7-18/h3-7,19-21,25H,8-10,12-17H2,1-2H3/t20?,21-/m1/s1. The lowest BCUT2D eigenvalue weighted by Gasteiger charge is -2.56. The highest BCUT2D eigenvalue weighted by atomic mass is 16.2. The van der Waals surface area contributed by atoms with Crippen LogP contribution in [0.2, 0.25) is 0 Å². The van der Waals surface area contributed by atoms with Crippen molar-refractivity contribution in [1.82, 2.24) is 20.0 Å². The summed E-state index contributed by atoms with van der Waals surface area (Å²) in [5, 5.41) is 13.3. The molecule has 4 rings (SSSR count). The number of benzene rings is 1. The predicted molar refractivity (Wildman–Crippen MR) is 113 cm³/mol. The van der Waals surface area contributed by atoms with Crippen molar-refractivity contribution in [3.8, 4) is 6.07 Å². The van der Waals surface area contributed by atoms with Gasteiger partial charge in [0.05, 0.1) is 24.6 Å². The SMILES string of the molecule is CN(C)C(=O)CN1CC(CC#N)(N2CCC(N[C@@H]3CC3c3ccccc3)CC2)C1. The minimum Gasteiger partial charge on any atom is -0.348 e. The van der Waals surface area contributed by atoms with E-state index in [0.717, 1.165) is 39.0 Å². The topological polar surface area (TPSA) is 62.6 Å². The largest absolute Gasteiger partial charge is 0.348 e. The maximum absolute atomic E-state index is 12.0. The van der Waals surface area contributed by atoms with Gasteiger partial charge in [0.25, 0.3) is 0 Å². The van der Waals surface area contributed by atoms with Gasteiger partial charge in [0, 0.05) is 58.3 Å². The van der Waals surface area contributed by atoms with Crippen LogP contribution in [0.25, 0.3) is 0 Å². The van der Waals surface area contributed by atoms with Crippen LogP contribution in [0.5, 0.6) is 0 Å². The van der Waals surface area contributed by atoms with Gasteiger partial charge in [-0.1, -0.05) is 30.3 Å². The van der Waals surface area contributed by atoms with Crippen LogP contribution in [0.1, 0.15) is 37.2 Å². The molecule has 1 unspecified atom stereocenters. The minimum absolute atomic E-state index is 0.0571. The summed E-state index contributed by atoms with van der Waals surface area (Å²) in [7, 11) is 3.59. The molecule has 0 aromatic heterocycles. The van der Waals surface area contributed by atoms with E-state index in [1.54, 1.807) is 19.0 Å². The molecule has 1 amide bonds. The fraction of sp³-hybridized carbons (Fsp3) is 0.652. The van der Waals surface area contributed by atoms with Gasteiger partial charge in [0.15, 0.2) is 0 Å². The highest BCUT2D eigenvalue weighted by Gasteiger charge is 2.49. The second kappa shape index (κ2) is 8.43. The van der Waals surface area contributed by atoms with Crippen LogP contribution in [0.3, 0.4) is 0 Å². The second-order valence-electron chi connectivity index (χ2n) is 9.28. The number of nitriles is 1. The summed E-state index contributed by atoms with van der Waals surface area (Å²) in [5.41, 5.74) is 1.40. The van der Waals surface area contributed by atoms with E-state index in [2.05, 4.69) is 51.5 Å². The summed E-state index contributed by atoms with van der Waals surface area (Å²) in [6, 6.07) is 14.4. The molecule has 29 heavy (non-hydrogen) atoms. The Labute approximate surface area is 174 Å². The number of likely N-dealkylation sites (N-methyl/N-ethyl adjacent to an activating group) is 1. The lowest BCUT2D eigenvalue weighted by molar-refractivity contribution is -0.135. The third-order valence-electron chi connectivity index (χ3n) is 6.94. The molecular weight excluding hydrogens is 362 g/mol. The van der Waals surface area contributed by atoms with Crippen molar-refractivity contribution in [2.45, 2.75) is 49.2 Å². The number of nitrogens with one attached hydrogen (secondary N) is 1. The molecule has 6 heteroatoms. The molecule has 0 spiro atoms. The Bertz CT molecular complexity index is 744. The van der Waals surface area contributed by atoms with Crippen molar-refractivity contribution in [1.29, 1.82) is 5.26 Å². The first-order valence-electron chi connectivity index (χ1n) is 10.9. The van der Waals surface area contributed by atoms with E-state index >= 15 is 0 Å². The number of hydrogen-bond acceptors (Lipinski definition) is 5. The molecule has 1 aliphatic carbocycles. The number of amides is 1. The van der Waals surface area contributed by atoms with E-state index in [1.807, 2.05) is 0 Å². The molecule has 6 nitrogen and oxygen atoms in total. The van der Waals surface area contributed by atoms with E-state index < -0.39 is 0 Å². The summed E-state index contributed by atoms with van der Waals surface area (Å²) in [5.74, 6) is 0.810. The van der Waals surface area contributed by atoms with Crippen LogP contribution >= 0.6 is 0 Å². The molecule has 3 aliphatic rings. The van der Waals surface area contributed by atoms with Crippen LogP contribution in [0, 0.1) is 11.3 Å². The van der Waals surface area contributed by atoms with E-state index in [0.29, 0.717) is 31.0 Å². The number of hydrogen-bond donors (Lipinski definition) is 1. The van der Waals surface area contributed by atoms with Crippen LogP contribution in [0.15, 0.2) is 30.3 Å². The fourth-order valence-electron chi connectivity index (χ4n) is 5.07. The Morgan fingerprint density at radius 2 is 1.93 bits per heavy atom. The van der Waals surface area contributed by atoms with Crippen LogP contribution in [-0.2, 0) is 4.79 Å². The summed E-state index contributed by atoms with van der Waals surface area (Å²) in [6.07, 6.45) is 4.08. The van der Waals surface area contributed by atoms with Crippen LogP contribution in [0.4, 0.5) is 0 Å². The van der Waals surface area contributed by atoms with Gasteiger partial charge in [0.1, 0.15) is 0 Å². The first-order valence-corrected chi connectivity index (χ1v) is 10.9. The Morgan fingerprint density at radius 1 is 1.24 bits per heavy atom. The summed E-state index contributed by atoms with van der Waals surface area (Å²) in [6.45, 7) is 4.20.